The fourth-order valence-corrected chi connectivity index (χ4v) is 5.30. The Morgan fingerprint density at radius 3 is 1.54 bits per heavy atom. The molecule has 0 bridgehead atoms. The highest BCUT2D eigenvalue weighted by Crippen LogP contribution is 2.53. The van der Waals surface area contributed by atoms with Gasteiger partial charge in [0, 0.05) is 5.56 Å². The number of benzene rings is 1. The first-order valence-corrected chi connectivity index (χ1v) is 14.9. The van der Waals surface area contributed by atoms with Crippen molar-refractivity contribution >= 4 is 5.97 Å². The molecule has 0 saturated carbocycles. The Bertz CT molecular complexity index is 1250. The number of rotatable bonds is 14. The summed E-state index contributed by atoms with van der Waals surface area (Å²) >= 11 is 0. The molecule has 6 nitrogen and oxygen atoms in total. The number of halogens is 14. The Kier molecular flexibility index (Phi) is 13.6. The molecule has 0 heterocycles. The first-order valence-electron chi connectivity index (χ1n) is 14.9. The van der Waals surface area contributed by atoms with Gasteiger partial charge in [0.1, 0.15) is 11.7 Å². The predicted molar refractivity (Wildman–Crippen MR) is 146 cm³/mol. The molecule has 4 unspecified atom stereocenters. The molecule has 0 saturated heterocycles. The molecule has 4 N–H and O–H groups in total. The van der Waals surface area contributed by atoms with Gasteiger partial charge < -0.3 is 25.2 Å². The molecule has 0 aliphatic carbocycles. The summed E-state index contributed by atoms with van der Waals surface area (Å²) in [7, 11) is 0. The van der Waals surface area contributed by atoms with E-state index in [0.29, 0.717) is 12.1 Å². The molecule has 292 valence electrons. The summed E-state index contributed by atoms with van der Waals surface area (Å²) in [5, 5.41) is 37.2. The van der Waals surface area contributed by atoms with Crippen molar-refractivity contribution in [2.45, 2.75) is 133 Å². The second kappa shape index (κ2) is 14.9. The first-order chi connectivity index (χ1) is 22.0. The average molecular weight is 761 g/mol. The van der Waals surface area contributed by atoms with E-state index < -0.39 is 115 Å². The van der Waals surface area contributed by atoms with Crippen molar-refractivity contribution in [1.82, 2.24) is 0 Å². The molecule has 0 aromatic heterocycles. The number of aliphatic hydroxyl groups excluding tert-OH is 1. The smallest absolute Gasteiger partial charge is 0.449 e. The lowest BCUT2D eigenvalue weighted by molar-refractivity contribution is -0.429. The number of ether oxygens (including phenoxy) is 1. The minimum absolute atomic E-state index is 0.206. The number of hydrogen-bond donors (Lipinski definition) is 4. The van der Waals surface area contributed by atoms with Crippen LogP contribution in [0.1, 0.15) is 90.2 Å². The van der Waals surface area contributed by atoms with Gasteiger partial charge in [0.15, 0.2) is 5.41 Å². The zero-order valence-electron chi connectivity index (χ0n) is 27.2. The summed E-state index contributed by atoms with van der Waals surface area (Å²) in [6, 6.07) is 1.61. The van der Waals surface area contributed by atoms with Crippen LogP contribution in [0, 0.1) is 11.3 Å². The van der Waals surface area contributed by atoms with E-state index in [1.165, 1.54) is 27.7 Å². The number of alkyl halides is 14. The van der Waals surface area contributed by atoms with E-state index in [-0.39, 0.29) is 24.1 Å². The highest BCUT2D eigenvalue weighted by Gasteiger charge is 2.72. The van der Waals surface area contributed by atoms with Crippen molar-refractivity contribution in [1.29, 1.82) is 0 Å². The Morgan fingerprint density at radius 2 is 1.18 bits per heavy atom. The third kappa shape index (κ3) is 9.50. The molecule has 0 spiro atoms. The van der Waals surface area contributed by atoms with Crippen molar-refractivity contribution < 1.29 is 91.4 Å². The van der Waals surface area contributed by atoms with E-state index in [1.54, 1.807) is 0 Å². The maximum absolute atomic E-state index is 15.0. The lowest BCUT2D eigenvalue weighted by Gasteiger charge is -2.40. The van der Waals surface area contributed by atoms with Gasteiger partial charge in [0.05, 0.1) is 0 Å². The minimum atomic E-state index is -6.31. The summed E-state index contributed by atoms with van der Waals surface area (Å²) in [4.78, 5) is 13.3. The van der Waals surface area contributed by atoms with Gasteiger partial charge in [0.25, 0.3) is 5.60 Å². The molecule has 0 aliphatic heterocycles. The van der Waals surface area contributed by atoms with Crippen molar-refractivity contribution in [2.24, 2.45) is 11.3 Å². The quantitative estimate of drug-likeness (QED) is 0.0866. The molecular formula is C30H38F14O6. The largest absolute Gasteiger partial charge is 0.459 e. The molecule has 1 aromatic rings. The van der Waals surface area contributed by atoms with Gasteiger partial charge in [-0.15, -0.1) is 0 Å². The van der Waals surface area contributed by atoms with Crippen LogP contribution < -0.4 is 0 Å². The highest BCUT2D eigenvalue weighted by molar-refractivity contribution is 5.78. The molecule has 50 heavy (non-hydrogen) atoms. The zero-order chi connectivity index (χ0) is 39.7. The monoisotopic (exact) mass is 760 g/mol. The van der Waals surface area contributed by atoms with E-state index in [9.17, 15) is 63.3 Å². The molecule has 0 aliphatic rings. The van der Waals surface area contributed by atoms with Gasteiger partial charge in [-0.1, -0.05) is 57.4 Å². The summed E-state index contributed by atoms with van der Waals surface area (Å²) < 4.78 is 196. The summed E-state index contributed by atoms with van der Waals surface area (Å²) in [6.45, 7) is 6.04. The fraction of sp³-hybridized carbons (Fsp3) is 0.767. The van der Waals surface area contributed by atoms with Crippen molar-refractivity contribution in [2.75, 3.05) is 0 Å². The number of aliphatic hydroxyl groups is 4. The fourth-order valence-electron chi connectivity index (χ4n) is 5.30. The van der Waals surface area contributed by atoms with Crippen LogP contribution in [-0.2, 0) is 15.1 Å². The summed E-state index contributed by atoms with van der Waals surface area (Å²) in [5.74, 6) is -15.8. The Labute approximate surface area is 277 Å². The third-order valence-corrected chi connectivity index (χ3v) is 8.29. The normalized spacial score (nSPS) is 17.6. The van der Waals surface area contributed by atoms with Crippen LogP contribution >= 0.6 is 0 Å². The van der Waals surface area contributed by atoms with Gasteiger partial charge in [-0.2, -0.15) is 61.5 Å². The molecule has 0 radical (unpaired) electrons. The molecule has 1 aromatic carbocycles. The molecule has 1 rings (SSSR count). The first kappa shape index (κ1) is 45.6. The summed E-state index contributed by atoms with van der Waals surface area (Å²) in [5.41, 5.74) is -12.3. The van der Waals surface area contributed by atoms with E-state index in [4.69, 9.17) is 14.9 Å². The van der Waals surface area contributed by atoms with Gasteiger partial charge in [-0.25, -0.2) is 0 Å². The van der Waals surface area contributed by atoms with Gasteiger partial charge >= 0.3 is 42.4 Å². The Morgan fingerprint density at radius 1 is 0.720 bits per heavy atom. The predicted octanol–water partition coefficient (Wildman–Crippen LogP) is 8.21. The minimum Gasteiger partial charge on any atom is -0.459 e. The van der Waals surface area contributed by atoms with E-state index in [2.05, 4.69) is 0 Å². The van der Waals surface area contributed by atoms with Gasteiger partial charge in [-0.3, -0.25) is 4.79 Å². The third-order valence-electron chi connectivity index (χ3n) is 8.29. The van der Waals surface area contributed by atoms with Gasteiger partial charge in [-0.05, 0) is 57.4 Å². The lowest BCUT2D eigenvalue weighted by Crippen LogP contribution is -2.63. The van der Waals surface area contributed by atoms with Crippen LogP contribution in [0.4, 0.5) is 61.5 Å². The van der Waals surface area contributed by atoms with E-state index >= 15 is 13.2 Å². The maximum atomic E-state index is 15.0. The summed E-state index contributed by atoms with van der Waals surface area (Å²) in [6.07, 6.45) is -32.7. The van der Waals surface area contributed by atoms with Crippen LogP contribution in [0.15, 0.2) is 24.3 Å². The zero-order valence-corrected chi connectivity index (χ0v) is 27.2. The SMILES string of the molecule is CCC(CCCC(O)C(F)(F)C(O)(O)C(F)(F)F)CC(CC(C)c1ccc(C(O)(C(F)(F)F)C(F)(F)F)cc1)(C(=O)OC(C)(C)C)C(F)(F)F. The number of hydrogen-bond acceptors (Lipinski definition) is 6. The topological polar surface area (TPSA) is 107 Å². The van der Waals surface area contributed by atoms with Crippen molar-refractivity contribution in [3.8, 4) is 0 Å². The Balaban J connectivity index is 3.53. The second-order valence-electron chi connectivity index (χ2n) is 13.2. The molecule has 0 amide bonds. The maximum Gasteiger partial charge on any atom is 0.449 e. The average Bonchev–Trinajstić information content (AvgIpc) is 2.91. The molecule has 4 atom stereocenters. The lowest BCUT2D eigenvalue weighted by atomic mass is 9.70. The molecule has 20 heteroatoms. The van der Waals surface area contributed by atoms with Crippen LogP contribution in [0.5, 0.6) is 0 Å². The Hall–Kier alpha value is -2.45. The molecule has 0 fully saturated rings. The number of carbonyl (C=O) groups is 1. The van der Waals surface area contributed by atoms with E-state index in [1.807, 2.05) is 0 Å². The van der Waals surface area contributed by atoms with Crippen molar-refractivity contribution in [3.63, 3.8) is 0 Å². The standard InChI is InChI=1S/C30H38F14O6/c1-6-17(8-7-9-20(45)25(31,32)26(48,49)30(42,43)44)15-23(27(33,34)35,21(46)50-22(3,4)5)14-16(2)18-10-12-19(13-11-18)24(47,28(36,37)38)29(39,40)41/h10-13,16-17,20,45,47-49H,6-9,14-15H2,1-5H3. The van der Waals surface area contributed by atoms with Crippen LogP contribution in [0.3, 0.4) is 0 Å². The molecular weight excluding hydrogens is 722 g/mol. The number of esters is 1. The van der Waals surface area contributed by atoms with Gasteiger partial charge in [0.2, 0.25) is 0 Å². The van der Waals surface area contributed by atoms with Crippen LogP contribution in [0.25, 0.3) is 0 Å². The number of carbonyl (C=O) groups excluding carboxylic acids is 1. The second-order valence-corrected chi connectivity index (χ2v) is 13.2. The van der Waals surface area contributed by atoms with Crippen LogP contribution in [-0.4, -0.2) is 74.5 Å². The highest BCUT2D eigenvalue weighted by atomic mass is 19.4. The van der Waals surface area contributed by atoms with E-state index in [0.717, 1.165) is 6.92 Å². The van der Waals surface area contributed by atoms with Crippen molar-refractivity contribution in [3.05, 3.63) is 35.4 Å². The van der Waals surface area contributed by atoms with Crippen LogP contribution in [0.2, 0.25) is 0 Å².